The molecule has 2 heterocycles. The van der Waals surface area contributed by atoms with Crippen LogP contribution in [0.2, 0.25) is 10.3 Å². The largest absolute Gasteiger partial charge is 0.444 e. The smallest absolute Gasteiger partial charge is 0.410 e. The number of hydrogen-bond donors (Lipinski definition) is 1. The number of ether oxygens (including phenoxy) is 1. The van der Waals surface area contributed by atoms with Gasteiger partial charge in [0.15, 0.2) is 5.82 Å². The van der Waals surface area contributed by atoms with E-state index in [1.807, 2.05) is 0 Å². The van der Waals surface area contributed by atoms with Gasteiger partial charge in [0.1, 0.15) is 23.5 Å². The van der Waals surface area contributed by atoms with Crippen molar-refractivity contribution in [1.29, 1.82) is 0 Å². The summed E-state index contributed by atoms with van der Waals surface area (Å²) >= 11 is 15.1. The van der Waals surface area contributed by atoms with Gasteiger partial charge in [-0.1, -0.05) is 11.6 Å². The average Bonchev–Trinajstić information content (AvgIpc) is 2.67. The van der Waals surface area contributed by atoms with Crippen molar-refractivity contribution in [3.63, 3.8) is 0 Å². The molecule has 1 N–H and O–H groups in total. The first-order valence-corrected chi connectivity index (χ1v) is 11.0. The SMILES string of the molecule is CC(C)(C)OC(=O)N1CCN(CCNc2nc(Cl)nc3c(F)c(Br)c(Cl)cc23)C(=O)C1. The third-order valence-electron chi connectivity index (χ3n) is 4.44. The lowest BCUT2D eigenvalue weighted by atomic mass is 10.2. The quantitative estimate of drug-likeness (QED) is 0.462. The van der Waals surface area contributed by atoms with E-state index in [-0.39, 0.29) is 32.7 Å². The Kier molecular flexibility index (Phi) is 7.12. The summed E-state index contributed by atoms with van der Waals surface area (Å²) in [5.74, 6) is -0.520. The number of benzene rings is 1. The average molecular weight is 537 g/mol. The van der Waals surface area contributed by atoms with Gasteiger partial charge in [0.25, 0.3) is 0 Å². The number of nitrogens with zero attached hydrogens (tertiary/aromatic N) is 4. The number of hydrogen-bond acceptors (Lipinski definition) is 6. The van der Waals surface area contributed by atoms with Crippen molar-refractivity contribution in [2.75, 3.05) is 38.0 Å². The topological polar surface area (TPSA) is 87.7 Å². The van der Waals surface area contributed by atoms with Crippen LogP contribution in [0.3, 0.4) is 0 Å². The second-order valence-electron chi connectivity index (χ2n) is 7.93. The zero-order valence-electron chi connectivity index (χ0n) is 17.1. The molecule has 12 heteroatoms. The lowest BCUT2D eigenvalue weighted by Gasteiger charge is -2.35. The van der Waals surface area contributed by atoms with Crippen molar-refractivity contribution in [1.82, 2.24) is 19.8 Å². The predicted molar refractivity (Wildman–Crippen MR) is 120 cm³/mol. The third kappa shape index (κ3) is 5.67. The Morgan fingerprint density at radius 1 is 1.32 bits per heavy atom. The zero-order valence-corrected chi connectivity index (χ0v) is 20.2. The van der Waals surface area contributed by atoms with Gasteiger partial charge in [-0.25, -0.2) is 19.2 Å². The molecule has 1 aliphatic rings. The Balaban J connectivity index is 1.63. The van der Waals surface area contributed by atoms with Crippen LogP contribution in [0.5, 0.6) is 0 Å². The molecule has 1 aromatic carbocycles. The molecule has 0 atom stereocenters. The number of carbonyl (C=O) groups is 2. The molecule has 0 radical (unpaired) electrons. The molecule has 0 bridgehead atoms. The Morgan fingerprint density at radius 2 is 2.03 bits per heavy atom. The summed E-state index contributed by atoms with van der Waals surface area (Å²) in [6.45, 7) is 6.70. The minimum absolute atomic E-state index is 0.0285. The van der Waals surface area contributed by atoms with Gasteiger partial charge in [0, 0.05) is 31.6 Å². The molecular formula is C19H21BrCl2FN5O3. The number of anilines is 1. The number of fused-ring (bicyclic) bond motifs is 1. The number of halogens is 4. The fourth-order valence-electron chi connectivity index (χ4n) is 3.02. The van der Waals surface area contributed by atoms with Crippen molar-refractivity contribution < 1.29 is 18.7 Å². The molecule has 8 nitrogen and oxygen atoms in total. The highest BCUT2D eigenvalue weighted by molar-refractivity contribution is 9.10. The van der Waals surface area contributed by atoms with Crippen LogP contribution in [0.25, 0.3) is 10.9 Å². The minimum Gasteiger partial charge on any atom is -0.444 e. The van der Waals surface area contributed by atoms with Crippen LogP contribution in [0, 0.1) is 5.82 Å². The molecule has 3 rings (SSSR count). The highest BCUT2D eigenvalue weighted by Gasteiger charge is 2.30. The van der Waals surface area contributed by atoms with E-state index >= 15 is 0 Å². The monoisotopic (exact) mass is 535 g/mol. The van der Waals surface area contributed by atoms with E-state index in [2.05, 4.69) is 31.2 Å². The molecule has 1 saturated heterocycles. The number of aromatic nitrogens is 2. The molecule has 2 aromatic rings. The van der Waals surface area contributed by atoms with Gasteiger partial charge in [-0.05, 0) is 54.4 Å². The summed E-state index contributed by atoms with van der Waals surface area (Å²) in [5.41, 5.74) is -0.596. The van der Waals surface area contributed by atoms with Crippen LogP contribution in [0.15, 0.2) is 10.5 Å². The van der Waals surface area contributed by atoms with Crippen LogP contribution in [-0.2, 0) is 9.53 Å². The summed E-state index contributed by atoms with van der Waals surface area (Å²) in [6, 6.07) is 1.54. The summed E-state index contributed by atoms with van der Waals surface area (Å²) in [5, 5.41) is 3.48. The van der Waals surface area contributed by atoms with Crippen LogP contribution in [-0.4, -0.2) is 70.1 Å². The molecule has 0 unspecified atom stereocenters. The van der Waals surface area contributed by atoms with Gasteiger partial charge in [-0.15, -0.1) is 0 Å². The summed E-state index contributed by atoms with van der Waals surface area (Å²) < 4.78 is 19.9. The fourth-order valence-corrected chi connectivity index (χ4v) is 3.68. The van der Waals surface area contributed by atoms with E-state index in [0.29, 0.717) is 37.4 Å². The number of carbonyl (C=O) groups excluding carboxylic acids is 2. The first-order valence-electron chi connectivity index (χ1n) is 9.46. The van der Waals surface area contributed by atoms with Crippen LogP contribution < -0.4 is 5.32 Å². The maximum Gasteiger partial charge on any atom is 0.410 e. The second kappa shape index (κ2) is 9.30. The number of amides is 2. The van der Waals surface area contributed by atoms with Crippen molar-refractivity contribution in [3.8, 4) is 0 Å². The van der Waals surface area contributed by atoms with Crippen molar-refractivity contribution in [2.45, 2.75) is 26.4 Å². The van der Waals surface area contributed by atoms with Crippen molar-refractivity contribution >= 4 is 67.9 Å². The molecule has 168 valence electrons. The van der Waals surface area contributed by atoms with E-state index in [0.717, 1.165) is 0 Å². The Labute approximate surface area is 197 Å². The highest BCUT2D eigenvalue weighted by atomic mass is 79.9. The predicted octanol–water partition coefficient (Wildman–Crippen LogP) is 4.33. The lowest BCUT2D eigenvalue weighted by molar-refractivity contribution is -0.135. The van der Waals surface area contributed by atoms with Gasteiger partial charge in [0.05, 0.1) is 9.50 Å². The normalized spacial score (nSPS) is 14.9. The molecular weight excluding hydrogens is 516 g/mol. The van der Waals surface area contributed by atoms with E-state index in [9.17, 15) is 14.0 Å². The Hall–Kier alpha value is -1.91. The molecule has 1 aromatic heterocycles. The number of nitrogens with one attached hydrogen (secondary N) is 1. The lowest BCUT2D eigenvalue weighted by Crippen LogP contribution is -2.54. The van der Waals surface area contributed by atoms with Crippen molar-refractivity contribution in [2.24, 2.45) is 0 Å². The summed E-state index contributed by atoms with van der Waals surface area (Å²) in [4.78, 5) is 35.7. The van der Waals surface area contributed by atoms with E-state index in [1.165, 1.54) is 11.0 Å². The Bertz CT molecular complexity index is 1030. The van der Waals surface area contributed by atoms with E-state index in [4.69, 9.17) is 27.9 Å². The van der Waals surface area contributed by atoms with Crippen LogP contribution in [0.4, 0.5) is 15.0 Å². The van der Waals surface area contributed by atoms with Gasteiger partial charge >= 0.3 is 6.09 Å². The van der Waals surface area contributed by atoms with Gasteiger partial charge in [0.2, 0.25) is 11.2 Å². The number of rotatable bonds is 4. The zero-order chi connectivity index (χ0) is 22.9. The molecule has 0 spiro atoms. The first kappa shape index (κ1) is 23.7. The maximum atomic E-state index is 14.5. The van der Waals surface area contributed by atoms with Crippen LogP contribution >= 0.6 is 39.1 Å². The third-order valence-corrected chi connectivity index (χ3v) is 5.91. The summed E-state index contributed by atoms with van der Waals surface area (Å²) in [6.07, 6.45) is -0.509. The molecule has 1 fully saturated rings. The second-order valence-corrected chi connectivity index (χ2v) is 9.47. The van der Waals surface area contributed by atoms with Gasteiger partial charge in [-0.2, -0.15) is 0 Å². The van der Waals surface area contributed by atoms with Crippen LogP contribution in [0.1, 0.15) is 20.8 Å². The molecule has 0 aliphatic carbocycles. The minimum atomic E-state index is -0.636. The summed E-state index contributed by atoms with van der Waals surface area (Å²) in [7, 11) is 0. The number of piperazine rings is 1. The molecule has 2 amide bonds. The first-order chi connectivity index (χ1) is 14.5. The molecule has 0 saturated carbocycles. The Morgan fingerprint density at radius 3 is 2.68 bits per heavy atom. The van der Waals surface area contributed by atoms with Gasteiger partial charge in [-0.3, -0.25) is 9.69 Å². The maximum absolute atomic E-state index is 14.5. The molecule has 31 heavy (non-hydrogen) atoms. The fraction of sp³-hybridized carbons (Fsp3) is 0.474. The van der Waals surface area contributed by atoms with Gasteiger partial charge < -0.3 is 15.0 Å². The molecule has 1 aliphatic heterocycles. The van der Waals surface area contributed by atoms with Crippen molar-refractivity contribution in [3.05, 3.63) is 26.7 Å². The van der Waals surface area contributed by atoms with E-state index < -0.39 is 17.5 Å². The highest BCUT2D eigenvalue weighted by Crippen LogP contribution is 2.34. The van der Waals surface area contributed by atoms with E-state index in [1.54, 1.807) is 25.7 Å². The standard InChI is InChI=1S/C19H21BrCl2FN5O3/c1-19(2,3)31-18(30)28-7-6-27(12(29)9-28)5-4-24-16-10-8-11(21)13(20)14(23)15(10)25-17(22)26-16/h8H,4-7,9H2,1-3H3,(H,24,25,26).